The normalized spacial score (nSPS) is 15.2. The lowest BCUT2D eigenvalue weighted by molar-refractivity contribution is 0.602. The van der Waals surface area contributed by atoms with Gasteiger partial charge in [-0.2, -0.15) is 0 Å². The molecule has 1 spiro atoms. The van der Waals surface area contributed by atoms with Crippen LogP contribution in [0.15, 0.2) is 145 Å². The Labute approximate surface area is 272 Å². The lowest BCUT2D eigenvalue weighted by Crippen LogP contribution is -2.26. The fourth-order valence-electron chi connectivity index (χ4n) is 8.47. The van der Waals surface area contributed by atoms with Crippen molar-refractivity contribution < 1.29 is 0 Å². The number of allylic oxidation sites excluding steroid dienone is 1. The minimum absolute atomic E-state index is 0.357. The van der Waals surface area contributed by atoms with Crippen LogP contribution in [0.25, 0.3) is 28.3 Å². The lowest BCUT2D eigenvalue weighted by atomic mass is 9.70. The van der Waals surface area contributed by atoms with Crippen molar-refractivity contribution in [1.29, 1.82) is 0 Å². The van der Waals surface area contributed by atoms with Crippen molar-refractivity contribution in [3.63, 3.8) is 0 Å². The van der Waals surface area contributed by atoms with Crippen LogP contribution in [0.4, 0.5) is 17.1 Å². The third-order valence-electron chi connectivity index (χ3n) is 10.5. The zero-order valence-corrected chi connectivity index (χ0v) is 26.3. The van der Waals surface area contributed by atoms with Crippen molar-refractivity contribution in [3.8, 4) is 22.3 Å². The van der Waals surface area contributed by atoms with Crippen LogP contribution in [-0.4, -0.2) is 0 Å². The lowest BCUT2D eigenvalue weighted by Gasteiger charge is -2.32. The Balaban J connectivity index is 1.24. The van der Waals surface area contributed by atoms with E-state index in [4.69, 9.17) is 0 Å². The Kier molecular flexibility index (Phi) is 6.35. The molecule has 6 aromatic carbocycles. The zero-order chi connectivity index (χ0) is 30.7. The molecule has 3 aliphatic rings. The predicted molar refractivity (Wildman–Crippen MR) is 193 cm³/mol. The summed E-state index contributed by atoms with van der Waals surface area (Å²) in [6.07, 6.45) is 8.91. The van der Waals surface area contributed by atoms with Crippen LogP contribution in [0.5, 0.6) is 0 Å². The van der Waals surface area contributed by atoms with Gasteiger partial charge in [-0.3, -0.25) is 0 Å². The molecule has 9 rings (SSSR count). The fourth-order valence-corrected chi connectivity index (χ4v) is 8.47. The van der Waals surface area contributed by atoms with Gasteiger partial charge in [-0.05, 0) is 119 Å². The van der Waals surface area contributed by atoms with Gasteiger partial charge in [0.1, 0.15) is 0 Å². The largest absolute Gasteiger partial charge is 0.310 e. The highest BCUT2D eigenvalue weighted by molar-refractivity contribution is 5.96. The highest BCUT2D eigenvalue weighted by Crippen LogP contribution is 2.63. The maximum absolute atomic E-state index is 2.48. The molecular formula is C45H37N. The molecule has 0 saturated heterocycles. The van der Waals surface area contributed by atoms with E-state index >= 15 is 0 Å². The summed E-state index contributed by atoms with van der Waals surface area (Å²) in [4.78, 5) is 2.43. The smallest absolute Gasteiger partial charge is 0.0726 e. The molecule has 0 radical (unpaired) electrons. The summed E-state index contributed by atoms with van der Waals surface area (Å²) >= 11 is 0. The van der Waals surface area contributed by atoms with E-state index in [0.717, 1.165) is 0 Å². The number of hydrogen-bond donors (Lipinski definition) is 0. The van der Waals surface area contributed by atoms with E-state index in [9.17, 15) is 0 Å². The van der Waals surface area contributed by atoms with Gasteiger partial charge < -0.3 is 4.90 Å². The van der Waals surface area contributed by atoms with Crippen molar-refractivity contribution in [3.05, 3.63) is 178 Å². The molecule has 222 valence electrons. The highest BCUT2D eigenvalue weighted by Gasteiger charge is 2.51. The topological polar surface area (TPSA) is 3.24 Å². The second-order valence-electron chi connectivity index (χ2n) is 13.2. The Morgan fingerprint density at radius 1 is 0.478 bits per heavy atom. The van der Waals surface area contributed by atoms with Gasteiger partial charge in [-0.25, -0.2) is 0 Å². The second kappa shape index (κ2) is 10.7. The van der Waals surface area contributed by atoms with Gasteiger partial charge in [0.05, 0.1) is 5.41 Å². The second-order valence-corrected chi connectivity index (χ2v) is 13.2. The molecule has 0 aromatic heterocycles. The summed E-state index contributed by atoms with van der Waals surface area (Å²) in [5, 5.41) is 0. The quantitative estimate of drug-likeness (QED) is 0.197. The molecule has 0 amide bonds. The fraction of sp³-hybridized carbons (Fsp3) is 0.156. The van der Waals surface area contributed by atoms with Crippen molar-refractivity contribution in [2.75, 3.05) is 4.90 Å². The number of hydrogen-bond acceptors (Lipinski definition) is 1. The number of rotatable bonds is 4. The summed E-state index contributed by atoms with van der Waals surface area (Å²) in [6.45, 7) is 2.16. The molecular weight excluding hydrogens is 555 g/mol. The van der Waals surface area contributed by atoms with Crippen molar-refractivity contribution in [2.45, 2.75) is 44.4 Å². The number of anilines is 3. The predicted octanol–water partition coefficient (Wildman–Crippen LogP) is 12.2. The molecule has 0 unspecified atom stereocenters. The summed E-state index contributed by atoms with van der Waals surface area (Å²) in [5.41, 5.74) is 18.1. The van der Waals surface area contributed by atoms with E-state index in [1.165, 1.54) is 105 Å². The van der Waals surface area contributed by atoms with Crippen LogP contribution in [0.3, 0.4) is 0 Å². The molecule has 0 heterocycles. The number of fused-ring (bicyclic) bond motifs is 10. The standard InChI is InChI=1S/C45H37N/c1-31-19-23-34(24-20-31)46(35-25-21-33(22-26-35)29-32-11-3-2-4-12-32)36-27-28-40-39-15-7-10-18-43(39)45(44(40)30-36)41-16-8-5-13-37(41)38-14-6-9-17-42(38)45/h5-10,13-30H,2-4,11-12H2,1H3. The van der Waals surface area contributed by atoms with Gasteiger partial charge in [0, 0.05) is 17.1 Å². The van der Waals surface area contributed by atoms with Crippen LogP contribution in [0.2, 0.25) is 0 Å². The molecule has 0 N–H and O–H groups in total. The van der Waals surface area contributed by atoms with Crippen LogP contribution < -0.4 is 4.90 Å². The van der Waals surface area contributed by atoms with E-state index in [0.29, 0.717) is 0 Å². The minimum atomic E-state index is -0.357. The van der Waals surface area contributed by atoms with Gasteiger partial charge in [0.15, 0.2) is 0 Å². The molecule has 1 nitrogen and oxygen atoms in total. The Bertz CT molecular complexity index is 2060. The van der Waals surface area contributed by atoms with Gasteiger partial charge in [-0.1, -0.05) is 127 Å². The van der Waals surface area contributed by atoms with Gasteiger partial charge >= 0.3 is 0 Å². The van der Waals surface area contributed by atoms with Gasteiger partial charge in [-0.15, -0.1) is 0 Å². The van der Waals surface area contributed by atoms with E-state index in [1.807, 2.05) is 0 Å². The molecule has 1 fully saturated rings. The SMILES string of the molecule is Cc1ccc(N(c2ccc(C=C3CCCCC3)cc2)c2ccc3c(c2)C2(c4ccccc4-c4ccccc42)c2ccccc2-3)cc1. The zero-order valence-electron chi connectivity index (χ0n) is 26.3. The maximum atomic E-state index is 2.48. The average molecular weight is 592 g/mol. The summed E-state index contributed by atoms with van der Waals surface area (Å²) in [6, 6.07) is 52.4. The minimum Gasteiger partial charge on any atom is -0.310 e. The number of benzene rings is 6. The Morgan fingerprint density at radius 2 is 0.957 bits per heavy atom. The molecule has 3 aliphatic carbocycles. The summed E-state index contributed by atoms with van der Waals surface area (Å²) in [7, 11) is 0. The summed E-state index contributed by atoms with van der Waals surface area (Å²) < 4.78 is 0. The highest BCUT2D eigenvalue weighted by atomic mass is 15.1. The third kappa shape index (κ3) is 4.08. The first-order valence-corrected chi connectivity index (χ1v) is 16.8. The van der Waals surface area contributed by atoms with Crippen LogP contribution in [0.1, 0.15) is 65.5 Å². The molecule has 1 heteroatoms. The van der Waals surface area contributed by atoms with E-state index in [1.54, 1.807) is 5.57 Å². The van der Waals surface area contributed by atoms with E-state index < -0.39 is 0 Å². The van der Waals surface area contributed by atoms with Crippen LogP contribution in [0, 0.1) is 6.92 Å². The van der Waals surface area contributed by atoms with E-state index in [-0.39, 0.29) is 5.41 Å². The first-order valence-electron chi connectivity index (χ1n) is 16.8. The molecule has 1 saturated carbocycles. The van der Waals surface area contributed by atoms with Crippen LogP contribution in [-0.2, 0) is 5.41 Å². The Hall–Kier alpha value is -5.14. The monoisotopic (exact) mass is 591 g/mol. The number of aryl methyl sites for hydroxylation is 1. The molecule has 0 aliphatic heterocycles. The number of nitrogens with zero attached hydrogens (tertiary/aromatic N) is 1. The molecule has 0 atom stereocenters. The summed E-state index contributed by atoms with van der Waals surface area (Å²) in [5.74, 6) is 0. The first kappa shape index (κ1) is 27.2. The van der Waals surface area contributed by atoms with Crippen molar-refractivity contribution >= 4 is 23.1 Å². The maximum Gasteiger partial charge on any atom is 0.0726 e. The first-order chi connectivity index (χ1) is 22.7. The molecule has 46 heavy (non-hydrogen) atoms. The third-order valence-corrected chi connectivity index (χ3v) is 10.5. The molecule has 0 bridgehead atoms. The van der Waals surface area contributed by atoms with Crippen LogP contribution >= 0.6 is 0 Å². The Morgan fingerprint density at radius 3 is 1.52 bits per heavy atom. The van der Waals surface area contributed by atoms with Crippen molar-refractivity contribution in [1.82, 2.24) is 0 Å². The van der Waals surface area contributed by atoms with E-state index in [2.05, 4.69) is 157 Å². The molecule has 6 aromatic rings. The van der Waals surface area contributed by atoms with Crippen molar-refractivity contribution in [2.24, 2.45) is 0 Å². The van der Waals surface area contributed by atoms with Gasteiger partial charge in [0.25, 0.3) is 0 Å². The average Bonchev–Trinajstić information content (AvgIpc) is 3.58. The van der Waals surface area contributed by atoms with Gasteiger partial charge in [0.2, 0.25) is 0 Å².